The number of nitrogens with one attached hydrogen (secondary N) is 1. The number of rotatable bonds is 6. The molecule has 0 aliphatic heterocycles. The van der Waals surface area contributed by atoms with E-state index in [9.17, 15) is 20.0 Å². The molecular weight excluding hydrogens is 252 g/mol. The quantitative estimate of drug-likeness (QED) is 0.535. The fraction of sp³-hybridized carbons (Fsp3) is 0.417. The van der Waals surface area contributed by atoms with Crippen LogP contribution in [0.2, 0.25) is 0 Å². The molecule has 1 aromatic carbocycles. The Bertz CT molecular complexity index is 487. The van der Waals surface area contributed by atoms with Gasteiger partial charge in [-0.2, -0.15) is 0 Å². The highest BCUT2D eigenvalue weighted by Gasteiger charge is 2.21. The van der Waals surface area contributed by atoms with Gasteiger partial charge in [-0.3, -0.25) is 10.1 Å². The highest BCUT2D eigenvalue weighted by atomic mass is 16.6. The highest BCUT2D eigenvalue weighted by Crippen LogP contribution is 2.23. The molecule has 0 heterocycles. The third-order valence-corrected chi connectivity index (χ3v) is 2.78. The van der Waals surface area contributed by atoms with Gasteiger partial charge in [0.2, 0.25) is 0 Å². The van der Waals surface area contributed by atoms with Crippen LogP contribution in [0.5, 0.6) is 0 Å². The molecule has 0 spiro atoms. The summed E-state index contributed by atoms with van der Waals surface area (Å²) in [6.07, 6.45) is 0. The molecule has 0 saturated carbocycles. The van der Waals surface area contributed by atoms with Crippen molar-refractivity contribution < 1.29 is 19.9 Å². The Morgan fingerprint density at radius 1 is 1.47 bits per heavy atom. The van der Waals surface area contributed by atoms with Gasteiger partial charge in [0.1, 0.15) is 5.56 Å². The SMILES string of the molecule is CC(C)C(CO)Nc1ccc([N+](=O)[O-])c(C(=O)O)c1. The van der Waals surface area contributed by atoms with E-state index in [1.165, 1.54) is 12.1 Å². The maximum Gasteiger partial charge on any atom is 0.342 e. The standard InChI is InChI=1S/C12H16N2O5/c1-7(2)10(6-15)13-8-3-4-11(14(18)19)9(5-8)12(16)17/h3-5,7,10,13,15H,6H2,1-2H3,(H,16,17). The van der Waals surface area contributed by atoms with Crippen molar-refractivity contribution in [2.24, 2.45) is 5.92 Å². The zero-order valence-corrected chi connectivity index (χ0v) is 10.7. The van der Waals surface area contributed by atoms with Gasteiger partial charge >= 0.3 is 5.97 Å². The Balaban J connectivity index is 3.08. The van der Waals surface area contributed by atoms with Crippen molar-refractivity contribution in [1.29, 1.82) is 0 Å². The molecule has 0 amide bonds. The van der Waals surface area contributed by atoms with Gasteiger partial charge in [0.05, 0.1) is 17.6 Å². The fourth-order valence-corrected chi connectivity index (χ4v) is 1.59. The summed E-state index contributed by atoms with van der Waals surface area (Å²) in [7, 11) is 0. The van der Waals surface area contributed by atoms with E-state index in [1.54, 1.807) is 0 Å². The Morgan fingerprint density at radius 2 is 2.11 bits per heavy atom. The van der Waals surface area contributed by atoms with Gasteiger partial charge in [0, 0.05) is 11.8 Å². The Labute approximate surface area is 110 Å². The van der Waals surface area contributed by atoms with Gasteiger partial charge in [-0.15, -0.1) is 0 Å². The van der Waals surface area contributed by atoms with Gasteiger partial charge in [-0.25, -0.2) is 4.79 Å². The molecule has 0 aliphatic rings. The lowest BCUT2D eigenvalue weighted by molar-refractivity contribution is -0.385. The average Bonchev–Trinajstić information content (AvgIpc) is 2.34. The molecule has 0 radical (unpaired) electrons. The average molecular weight is 268 g/mol. The third kappa shape index (κ3) is 3.65. The largest absolute Gasteiger partial charge is 0.477 e. The Hall–Kier alpha value is -2.15. The molecule has 3 N–H and O–H groups in total. The minimum Gasteiger partial charge on any atom is -0.477 e. The van der Waals surface area contributed by atoms with Crippen LogP contribution in [0, 0.1) is 16.0 Å². The van der Waals surface area contributed by atoms with Crippen LogP contribution in [0.1, 0.15) is 24.2 Å². The minimum atomic E-state index is -1.36. The molecule has 1 atom stereocenters. The molecule has 0 aromatic heterocycles. The number of nitro benzene ring substituents is 1. The van der Waals surface area contributed by atoms with E-state index in [0.29, 0.717) is 5.69 Å². The molecule has 0 fully saturated rings. The third-order valence-electron chi connectivity index (χ3n) is 2.78. The predicted molar refractivity (Wildman–Crippen MR) is 69.4 cm³/mol. The topological polar surface area (TPSA) is 113 Å². The first-order chi connectivity index (χ1) is 8.86. The van der Waals surface area contributed by atoms with Crippen LogP contribution < -0.4 is 5.32 Å². The van der Waals surface area contributed by atoms with Crippen LogP contribution in [0.15, 0.2) is 18.2 Å². The van der Waals surface area contributed by atoms with E-state index in [2.05, 4.69) is 5.32 Å². The summed E-state index contributed by atoms with van der Waals surface area (Å²) in [5.41, 5.74) is -0.408. The molecule has 1 aromatic rings. The van der Waals surface area contributed by atoms with Crippen molar-refractivity contribution in [3.63, 3.8) is 0 Å². The van der Waals surface area contributed by atoms with Gasteiger partial charge in [-0.1, -0.05) is 13.8 Å². The van der Waals surface area contributed by atoms with E-state index in [-0.39, 0.29) is 24.1 Å². The zero-order chi connectivity index (χ0) is 14.6. The van der Waals surface area contributed by atoms with Crippen LogP contribution in [0.25, 0.3) is 0 Å². The van der Waals surface area contributed by atoms with Crippen LogP contribution in [-0.4, -0.2) is 33.8 Å². The molecule has 1 rings (SSSR count). The number of hydrogen-bond donors (Lipinski definition) is 3. The van der Waals surface area contributed by atoms with Crippen molar-refractivity contribution in [2.75, 3.05) is 11.9 Å². The van der Waals surface area contributed by atoms with Crippen molar-refractivity contribution in [3.05, 3.63) is 33.9 Å². The number of nitro groups is 1. The second-order valence-corrected chi connectivity index (χ2v) is 4.47. The first kappa shape index (κ1) is 14.9. The second-order valence-electron chi connectivity index (χ2n) is 4.47. The minimum absolute atomic E-state index is 0.114. The molecule has 0 saturated heterocycles. The van der Waals surface area contributed by atoms with Crippen molar-refractivity contribution in [1.82, 2.24) is 0 Å². The van der Waals surface area contributed by atoms with Crippen LogP contribution in [0.3, 0.4) is 0 Å². The van der Waals surface area contributed by atoms with Gasteiger partial charge in [0.15, 0.2) is 0 Å². The second kappa shape index (κ2) is 6.14. The molecule has 7 heteroatoms. The molecule has 104 valence electrons. The smallest absolute Gasteiger partial charge is 0.342 e. The van der Waals surface area contributed by atoms with Crippen LogP contribution in [0.4, 0.5) is 11.4 Å². The van der Waals surface area contributed by atoms with Crippen LogP contribution in [-0.2, 0) is 0 Å². The highest BCUT2D eigenvalue weighted by molar-refractivity contribution is 5.93. The Morgan fingerprint density at radius 3 is 2.53 bits per heavy atom. The first-order valence-corrected chi connectivity index (χ1v) is 5.76. The van der Waals surface area contributed by atoms with Gasteiger partial charge in [-0.05, 0) is 18.1 Å². The van der Waals surface area contributed by atoms with Gasteiger partial charge < -0.3 is 15.5 Å². The van der Waals surface area contributed by atoms with E-state index >= 15 is 0 Å². The monoisotopic (exact) mass is 268 g/mol. The number of hydrogen-bond acceptors (Lipinski definition) is 5. The maximum atomic E-state index is 11.0. The number of carbonyl (C=O) groups is 1. The summed E-state index contributed by atoms with van der Waals surface area (Å²) in [6.45, 7) is 3.69. The van der Waals surface area contributed by atoms with Crippen molar-refractivity contribution in [2.45, 2.75) is 19.9 Å². The number of aromatic carboxylic acids is 1. The number of aliphatic hydroxyl groups excluding tert-OH is 1. The van der Waals surface area contributed by atoms with Crippen molar-refractivity contribution >= 4 is 17.3 Å². The lowest BCUT2D eigenvalue weighted by atomic mass is 10.0. The Kier molecular flexibility index (Phi) is 4.82. The van der Waals surface area contributed by atoms with E-state index < -0.39 is 16.6 Å². The molecule has 7 nitrogen and oxygen atoms in total. The van der Waals surface area contributed by atoms with E-state index in [4.69, 9.17) is 5.11 Å². The molecular formula is C12H16N2O5. The van der Waals surface area contributed by atoms with Crippen LogP contribution >= 0.6 is 0 Å². The predicted octanol–water partition coefficient (Wildman–Crippen LogP) is 1.72. The van der Waals surface area contributed by atoms with Gasteiger partial charge in [0.25, 0.3) is 5.69 Å². The molecule has 0 bridgehead atoms. The maximum absolute atomic E-state index is 11.0. The zero-order valence-electron chi connectivity index (χ0n) is 10.7. The van der Waals surface area contributed by atoms with E-state index in [1.807, 2.05) is 13.8 Å². The summed E-state index contributed by atoms with van der Waals surface area (Å²) >= 11 is 0. The summed E-state index contributed by atoms with van der Waals surface area (Å²) in [4.78, 5) is 21.0. The normalized spacial score (nSPS) is 12.2. The number of nitrogens with zero attached hydrogens (tertiary/aromatic N) is 1. The molecule has 0 aliphatic carbocycles. The molecule has 1 unspecified atom stereocenters. The van der Waals surface area contributed by atoms with E-state index in [0.717, 1.165) is 6.07 Å². The number of anilines is 1. The molecule has 19 heavy (non-hydrogen) atoms. The summed E-state index contributed by atoms with van der Waals surface area (Å²) in [5, 5.41) is 31.8. The summed E-state index contributed by atoms with van der Waals surface area (Å²) < 4.78 is 0. The number of carboxylic acids is 1. The summed E-state index contributed by atoms with van der Waals surface area (Å²) in [6, 6.07) is 3.52. The fourth-order valence-electron chi connectivity index (χ4n) is 1.59. The number of benzene rings is 1. The lowest BCUT2D eigenvalue weighted by Gasteiger charge is -2.21. The van der Waals surface area contributed by atoms with Crippen molar-refractivity contribution in [3.8, 4) is 0 Å². The first-order valence-electron chi connectivity index (χ1n) is 5.76. The summed E-state index contributed by atoms with van der Waals surface area (Å²) in [5.74, 6) is -1.23. The number of aliphatic hydroxyl groups is 1. The lowest BCUT2D eigenvalue weighted by Crippen LogP contribution is -2.29. The number of carboxylic acid groups (broad SMARTS) is 1.